The van der Waals surface area contributed by atoms with Crippen molar-refractivity contribution in [2.24, 2.45) is 0 Å². The summed E-state index contributed by atoms with van der Waals surface area (Å²) < 4.78 is 4.78. The van der Waals surface area contributed by atoms with E-state index in [1.807, 2.05) is 43.3 Å². The number of carbonyl (C=O) groups excluding carboxylic acids is 1. The van der Waals surface area contributed by atoms with Crippen molar-refractivity contribution >= 4 is 5.97 Å². The van der Waals surface area contributed by atoms with Crippen LogP contribution in [0.5, 0.6) is 0 Å². The zero-order chi connectivity index (χ0) is 14.4. The molecule has 2 aromatic rings. The van der Waals surface area contributed by atoms with Gasteiger partial charge in [0.25, 0.3) is 0 Å². The number of ether oxygens (including phenoxy) is 1. The maximum Gasteiger partial charge on any atom is 0.338 e. The zero-order valence-electron chi connectivity index (χ0n) is 11.7. The Kier molecular flexibility index (Phi) is 4.85. The molecule has 0 aliphatic rings. The molecule has 0 unspecified atom stereocenters. The highest BCUT2D eigenvalue weighted by Crippen LogP contribution is 2.10. The van der Waals surface area contributed by atoms with E-state index in [-0.39, 0.29) is 5.97 Å². The molecule has 0 aliphatic carbocycles. The molecule has 2 rings (SSSR count). The summed E-state index contributed by atoms with van der Waals surface area (Å²) in [5.41, 5.74) is 3.51. The molecule has 0 saturated carbocycles. The lowest BCUT2D eigenvalue weighted by atomic mass is 10.1. The normalized spacial score (nSPS) is 10.3. The summed E-state index contributed by atoms with van der Waals surface area (Å²) in [5.74, 6) is -0.309. The number of rotatable bonds is 5. The van der Waals surface area contributed by atoms with Gasteiger partial charge in [0.15, 0.2) is 0 Å². The van der Waals surface area contributed by atoms with E-state index in [4.69, 9.17) is 4.74 Å². The zero-order valence-corrected chi connectivity index (χ0v) is 11.7. The molecule has 0 saturated heterocycles. The fourth-order valence-electron chi connectivity index (χ4n) is 2.01. The number of nitrogens with zero attached hydrogens (tertiary/aromatic N) is 1. The highest BCUT2D eigenvalue weighted by atomic mass is 16.5. The SMILES string of the molecule is COC(=O)c1ccccc1CNCc1cccc(C)n1. The lowest BCUT2D eigenvalue weighted by Gasteiger charge is -2.09. The Bertz CT molecular complexity index is 597. The highest BCUT2D eigenvalue weighted by molar-refractivity contribution is 5.90. The van der Waals surface area contributed by atoms with Gasteiger partial charge in [-0.2, -0.15) is 0 Å². The first-order valence-electron chi connectivity index (χ1n) is 6.50. The van der Waals surface area contributed by atoms with Crippen LogP contribution in [0.2, 0.25) is 0 Å². The number of aryl methyl sites for hydroxylation is 1. The second kappa shape index (κ2) is 6.82. The number of pyridine rings is 1. The minimum atomic E-state index is -0.309. The van der Waals surface area contributed by atoms with Crippen molar-refractivity contribution in [1.29, 1.82) is 0 Å². The third-order valence-electron chi connectivity index (χ3n) is 2.99. The van der Waals surface area contributed by atoms with Gasteiger partial charge in [0, 0.05) is 18.8 Å². The summed E-state index contributed by atoms with van der Waals surface area (Å²) in [6.45, 7) is 3.23. The van der Waals surface area contributed by atoms with Crippen molar-refractivity contribution in [3.8, 4) is 0 Å². The molecule has 4 nitrogen and oxygen atoms in total. The van der Waals surface area contributed by atoms with E-state index < -0.39 is 0 Å². The van der Waals surface area contributed by atoms with Crippen LogP contribution in [0, 0.1) is 6.92 Å². The third kappa shape index (κ3) is 3.65. The van der Waals surface area contributed by atoms with Gasteiger partial charge in [-0.25, -0.2) is 4.79 Å². The second-order valence-corrected chi connectivity index (χ2v) is 4.52. The molecular weight excluding hydrogens is 252 g/mol. The smallest absolute Gasteiger partial charge is 0.338 e. The fraction of sp³-hybridized carbons (Fsp3) is 0.250. The van der Waals surface area contributed by atoms with Crippen molar-refractivity contribution < 1.29 is 9.53 Å². The van der Waals surface area contributed by atoms with Crippen LogP contribution in [-0.2, 0) is 17.8 Å². The van der Waals surface area contributed by atoms with Gasteiger partial charge in [0.2, 0.25) is 0 Å². The number of hydrogen-bond donors (Lipinski definition) is 1. The Morgan fingerprint density at radius 1 is 1.15 bits per heavy atom. The Morgan fingerprint density at radius 2 is 1.95 bits per heavy atom. The lowest BCUT2D eigenvalue weighted by molar-refractivity contribution is 0.0599. The third-order valence-corrected chi connectivity index (χ3v) is 2.99. The molecule has 0 aliphatic heterocycles. The minimum absolute atomic E-state index is 0.309. The maximum atomic E-state index is 11.6. The summed E-state index contributed by atoms with van der Waals surface area (Å²) in [4.78, 5) is 16.1. The number of esters is 1. The number of carbonyl (C=O) groups is 1. The van der Waals surface area contributed by atoms with Gasteiger partial charge in [-0.1, -0.05) is 24.3 Å². The molecule has 20 heavy (non-hydrogen) atoms. The van der Waals surface area contributed by atoms with Crippen molar-refractivity contribution in [3.63, 3.8) is 0 Å². The summed E-state index contributed by atoms with van der Waals surface area (Å²) >= 11 is 0. The number of benzene rings is 1. The minimum Gasteiger partial charge on any atom is -0.465 e. The summed E-state index contributed by atoms with van der Waals surface area (Å²) in [5, 5.41) is 3.29. The molecular formula is C16H18N2O2. The molecule has 0 bridgehead atoms. The molecule has 1 heterocycles. The molecule has 0 fully saturated rings. The van der Waals surface area contributed by atoms with E-state index in [1.165, 1.54) is 7.11 Å². The van der Waals surface area contributed by atoms with Crippen molar-refractivity contribution in [2.45, 2.75) is 20.0 Å². The molecule has 0 amide bonds. The average Bonchev–Trinajstić information content (AvgIpc) is 2.47. The molecule has 4 heteroatoms. The van der Waals surface area contributed by atoms with Gasteiger partial charge in [0.05, 0.1) is 18.4 Å². The Balaban J connectivity index is 1.99. The first-order valence-corrected chi connectivity index (χ1v) is 6.50. The molecule has 1 aromatic heterocycles. The quantitative estimate of drug-likeness (QED) is 0.848. The number of aromatic nitrogens is 1. The maximum absolute atomic E-state index is 11.6. The van der Waals surface area contributed by atoms with E-state index in [2.05, 4.69) is 10.3 Å². The molecule has 104 valence electrons. The summed E-state index contributed by atoms with van der Waals surface area (Å²) in [6.07, 6.45) is 0. The van der Waals surface area contributed by atoms with Crippen molar-refractivity contribution in [1.82, 2.24) is 10.3 Å². The van der Waals surface area contributed by atoms with Crippen LogP contribution < -0.4 is 5.32 Å². The van der Waals surface area contributed by atoms with Crippen molar-refractivity contribution in [3.05, 3.63) is 65.0 Å². The Hall–Kier alpha value is -2.20. The molecule has 0 radical (unpaired) electrons. The fourth-order valence-corrected chi connectivity index (χ4v) is 2.01. The standard InChI is InChI=1S/C16H18N2O2/c1-12-6-5-8-14(18-12)11-17-10-13-7-3-4-9-15(13)16(19)20-2/h3-9,17H,10-11H2,1-2H3. The van der Waals surface area contributed by atoms with Crippen LogP contribution >= 0.6 is 0 Å². The van der Waals surface area contributed by atoms with Gasteiger partial charge in [-0.15, -0.1) is 0 Å². The first kappa shape index (κ1) is 14.2. The second-order valence-electron chi connectivity index (χ2n) is 4.52. The lowest BCUT2D eigenvalue weighted by Crippen LogP contribution is -2.16. The van der Waals surface area contributed by atoms with Crippen LogP contribution in [0.25, 0.3) is 0 Å². The van der Waals surface area contributed by atoms with Gasteiger partial charge in [-0.05, 0) is 30.7 Å². The Labute approximate surface area is 118 Å². The Morgan fingerprint density at radius 3 is 2.70 bits per heavy atom. The molecule has 0 atom stereocenters. The molecule has 1 N–H and O–H groups in total. The summed E-state index contributed by atoms with van der Waals surface area (Å²) in [6, 6.07) is 13.4. The largest absolute Gasteiger partial charge is 0.465 e. The van der Waals surface area contributed by atoms with Gasteiger partial charge in [0.1, 0.15) is 0 Å². The highest BCUT2D eigenvalue weighted by Gasteiger charge is 2.10. The first-order chi connectivity index (χ1) is 9.70. The summed E-state index contributed by atoms with van der Waals surface area (Å²) in [7, 11) is 1.39. The predicted octanol–water partition coefficient (Wildman–Crippen LogP) is 2.47. The van der Waals surface area contributed by atoms with Crippen LogP contribution in [0.1, 0.15) is 27.3 Å². The van der Waals surface area contributed by atoms with Crippen LogP contribution in [0.15, 0.2) is 42.5 Å². The van der Waals surface area contributed by atoms with Crippen LogP contribution in [-0.4, -0.2) is 18.1 Å². The number of hydrogen-bond acceptors (Lipinski definition) is 4. The molecule has 1 aromatic carbocycles. The van der Waals surface area contributed by atoms with E-state index in [9.17, 15) is 4.79 Å². The van der Waals surface area contributed by atoms with Gasteiger partial charge >= 0.3 is 5.97 Å². The van der Waals surface area contributed by atoms with E-state index in [0.717, 1.165) is 17.0 Å². The van der Waals surface area contributed by atoms with E-state index in [0.29, 0.717) is 18.7 Å². The number of nitrogens with one attached hydrogen (secondary N) is 1. The monoisotopic (exact) mass is 270 g/mol. The molecule has 0 spiro atoms. The predicted molar refractivity (Wildman–Crippen MR) is 77.3 cm³/mol. The van der Waals surface area contributed by atoms with Crippen LogP contribution in [0.4, 0.5) is 0 Å². The number of methoxy groups -OCH3 is 1. The van der Waals surface area contributed by atoms with Crippen molar-refractivity contribution in [2.75, 3.05) is 7.11 Å². The van der Waals surface area contributed by atoms with Gasteiger partial charge < -0.3 is 10.1 Å². The van der Waals surface area contributed by atoms with Crippen LogP contribution in [0.3, 0.4) is 0 Å². The van der Waals surface area contributed by atoms with Gasteiger partial charge in [-0.3, -0.25) is 4.98 Å². The average molecular weight is 270 g/mol. The van der Waals surface area contributed by atoms with E-state index >= 15 is 0 Å². The topological polar surface area (TPSA) is 51.2 Å². The van der Waals surface area contributed by atoms with E-state index in [1.54, 1.807) is 6.07 Å².